The lowest BCUT2D eigenvalue weighted by atomic mass is 10.1. The Balaban J connectivity index is 1.93. The van der Waals surface area contributed by atoms with Crippen LogP contribution in [-0.4, -0.2) is 39.2 Å². The van der Waals surface area contributed by atoms with Crippen LogP contribution in [-0.2, 0) is 11.2 Å². The molecule has 0 aliphatic carbocycles. The molecular formula is C19H20N4O2. The van der Waals surface area contributed by atoms with Gasteiger partial charge in [-0.05, 0) is 18.6 Å². The molecule has 2 N–H and O–H groups in total. The number of rotatable bonds is 7. The van der Waals surface area contributed by atoms with Crippen LogP contribution in [0.5, 0.6) is 0 Å². The van der Waals surface area contributed by atoms with E-state index in [1.807, 2.05) is 60.7 Å². The topological polar surface area (TPSA) is 80.0 Å². The van der Waals surface area contributed by atoms with Crippen LogP contribution in [0.4, 0.5) is 0 Å². The van der Waals surface area contributed by atoms with Crippen LogP contribution in [0.15, 0.2) is 60.7 Å². The van der Waals surface area contributed by atoms with Crippen molar-refractivity contribution in [3.63, 3.8) is 0 Å². The minimum Gasteiger partial charge on any atom is -0.396 e. The molecule has 1 amide bonds. The summed E-state index contributed by atoms with van der Waals surface area (Å²) in [5, 5.41) is 20.1. The highest BCUT2D eigenvalue weighted by molar-refractivity contribution is 5.80. The van der Waals surface area contributed by atoms with E-state index >= 15 is 0 Å². The Labute approximate surface area is 146 Å². The smallest absolute Gasteiger partial charge is 0.226 e. The Kier molecular flexibility index (Phi) is 5.53. The van der Waals surface area contributed by atoms with E-state index in [0.717, 1.165) is 16.9 Å². The first kappa shape index (κ1) is 16.9. The molecular weight excluding hydrogens is 316 g/mol. The number of nitrogens with one attached hydrogen (secondary N) is 1. The molecule has 1 heterocycles. The third-order valence-electron chi connectivity index (χ3n) is 3.77. The van der Waals surface area contributed by atoms with Gasteiger partial charge in [0.1, 0.15) is 5.69 Å². The van der Waals surface area contributed by atoms with Gasteiger partial charge in [0.05, 0.1) is 17.8 Å². The maximum absolute atomic E-state index is 12.1. The maximum atomic E-state index is 12.1. The molecule has 0 spiro atoms. The van der Waals surface area contributed by atoms with Crippen molar-refractivity contribution in [2.75, 3.05) is 13.2 Å². The lowest BCUT2D eigenvalue weighted by molar-refractivity contribution is -0.120. The molecule has 0 bridgehead atoms. The summed E-state index contributed by atoms with van der Waals surface area (Å²) < 4.78 is 1.76. The molecule has 0 aliphatic heterocycles. The summed E-state index contributed by atoms with van der Waals surface area (Å²) in [6.07, 6.45) is 0.677. The number of benzene rings is 2. The summed E-state index contributed by atoms with van der Waals surface area (Å²) in [6.45, 7) is 0.503. The molecule has 3 aromatic rings. The van der Waals surface area contributed by atoms with Crippen LogP contribution in [0.25, 0.3) is 16.9 Å². The van der Waals surface area contributed by atoms with Crippen LogP contribution in [0.2, 0.25) is 0 Å². The van der Waals surface area contributed by atoms with Gasteiger partial charge in [-0.2, -0.15) is 0 Å². The Hall–Kier alpha value is -2.99. The number of hydrogen-bond donors (Lipinski definition) is 2. The molecule has 0 atom stereocenters. The predicted octanol–water partition coefficient (Wildman–Crippen LogP) is 1.98. The van der Waals surface area contributed by atoms with Gasteiger partial charge in [-0.25, -0.2) is 4.68 Å². The van der Waals surface area contributed by atoms with E-state index in [1.54, 1.807) is 4.68 Å². The van der Waals surface area contributed by atoms with Crippen molar-refractivity contribution in [3.05, 3.63) is 66.4 Å². The molecule has 0 saturated carbocycles. The standard InChI is InChI=1S/C19H20N4O2/c24-13-7-12-20-18(25)14-17-19(15-8-3-1-4-9-15)23(22-21-17)16-10-5-2-6-11-16/h1-6,8-11,24H,7,12-14H2,(H,20,25). The Bertz CT molecular complexity index is 816. The van der Waals surface area contributed by atoms with Crippen molar-refractivity contribution in [2.24, 2.45) is 0 Å². The zero-order valence-electron chi connectivity index (χ0n) is 13.8. The van der Waals surface area contributed by atoms with Crippen molar-refractivity contribution < 1.29 is 9.90 Å². The number of aliphatic hydroxyl groups is 1. The minimum atomic E-state index is -0.134. The van der Waals surface area contributed by atoms with Gasteiger partial charge in [0, 0.05) is 18.7 Å². The number of aromatic nitrogens is 3. The fraction of sp³-hybridized carbons (Fsp3) is 0.211. The number of hydrogen-bond acceptors (Lipinski definition) is 4. The summed E-state index contributed by atoms with van der Waals surface area (Å²) in [4.78, 5) is 12.1. The molecule has 0 saturated heterocycles. The second-order valence-corrected chi connectivity index (χ2v) is 5.60. The average Bonchev–Trinajstić information content (AvgIpc) is 3.07. The summed E-state index contributed by atoms with van der Waals surface area (Å²) in [5.74, 6) is -0.134. The first-order valence-electron chi connectivity index (χ1n) is 8.22. The van der Waals surface area contributed by atoms with Gasteiger partial charge in [0.15, 0.2) is 0 Å². The fourth-order valence-electron chi connectivity index (χ4n) is 2.59. The number of carbonyl (C=O) groups is 1. The largest absolute Gasteiger partial charge is 0.396 e. The third kappa shape index (κ3) is 4.10. The minimum absolute atomic E-state index is 0.0553. The second kappa shape index (κ2) is 8.21. The van der Waals surface area contributed by atoms with Gasteiger partial charge in [0.2, 0.25) is 5.91 Å². The number of para-hydroxylation sites is 1. The van der Waals surface area contributed by atoms with Crippen molar-refractivity contribution in [1.29, 1.82) is 0 Å². The Morgan fingerprint density at radius 1 is 1.04 bits per heavy atom. The quantitative estimate of drug-likeness (QED) is 0.647. The highest BCUT2D eigenvalue weighted by Gasteiger charge is 2.18. The molecule has 0 aliphatic rings. The average molecular weight is 336 g/mol. The summed E-state index contributed by atoms with van der Waals surface area (Å²) in [7, 11) is 0. The van der Waals surface area contributed by atoms with Crippen LogP contribution in [0.3, 0.4) is 0 Å². The van der Waals surface area contributed by atoms with E-state index in [2.05, 4.69) is 15.6 Å². The fourth-order valence-corrected chi connectivity index (χ4v) is 2.59. The van der Waals surface area contributed by atoms with Gasteiger partial charge < -0.3 is 10.4 Å². The molecule has 0 radical (unpaired) electrons. The molecule has 3 rings (SSSR count). The Morgan fingerprint density at radius 3 is 2.40 bits per heavy atom. The van der Waals surface area contributed by atoms with Crippen LogP contribution in [0.1, 0.15) is 12.1 Å². The van der Waals surface area contributed by atoms with Gasteiger partial charge in [0.25, 0.3) is 0 Å². The van der Waals surface area contributed by atoms with Gasteiger partial charge in [-0.3, -0.25) is 4.79 Å². The normalized spacial score (nSPS) is 10.6. The highest BCUT2D eigenvalue weighted by atomic mass is 16.3. The number of aliphatic hydroxyl groups excluding tert-OH is 1. The van der Waals surface area contributed by atoms with E-state index in [1.165, 1.54) is 0 Å². The lowest BCUT2D eigenvalue weighted by Crippen LogP contribution is -2.27. The number of nitrogens with zero attached hydrogens (tertiary/aromatic N) is 3. The molecule has 0 unspecified atom stereocenters. The van der Waals surface area contributed by atoms with Gasteiger partial charge >= 0.3 is 0 Å². The first-order valence-corrected chi connectivity index (χ1v) is 8.22. The zero-order valence-corrected chi connectivity index (χ0v) is 13.8. The Morgan fingerprint density at radius 2 is 1.72 bits per heavy atom. The van der Waals surface area contributed by atoms with Crippen molar-refractivity contribution >= 4 is 5.91 Å². The molecule has 0 fully saturated rings. The molecule has 1 aromatic heterocycles. The zero-order chi connectivity index (χ0) is 17.5. The van der Waals surface area contributed by atoms with Crippen LogP contribution in [0, 0.1) is 0 Å². The van der Waals surface area contributed by atoms with Crippen molar-refractivity contribution in [3.8, 4) is 16.9 Å². The van der Waals surface area contributed by atoms with E-state index in [0.29, 0.717) is 18.7 Å². The van der Waals surface area contributed by atoms with Crippen molar-refractivity contribution in [2.45, 2.75) is 12.8 Å². The molecule has 6 nitrogen and oxygen atoms in total. The van der Waals surface area contributed by atoms with E-state index in [9.17, 15) is 4.79 Å². The molecule has 6 heteroatoms. The predicted molar refractivity (Wildman–Crippen MR) is 95.2 cm³/mol. The SMILES string of the molecule is O=C(Cc1nnn(-c2ccccc2)c1-c1ccccc1)NCCCO. The van der Waals surface area contributed by atoms with Crippen LogP contribution < -0.4 is 5.32 Å². The van der Waals surface area contributed by atoms with E-state index in [-0.39, 0.29) is 18.9 Å². The first-order chi connectivity index (χ1) is 12.3. The van der Waals surface area contributed by atoms with Crippen molar-refractivity contribution in [1.82, 2.24) is 20.3 Å². The summed E-state index contributed by atoms with van der Waals surface area (Å²) in [6, 6.07) is 19.5. The van der Waals surface area contributed by atoms with Gasteiger partial charge in [-0.1, -0.05) is 53.7 Å². The second-order valence-electron chi connectivity index (χ2n) is 5.60. The molecule has 128 valence electrons. The number of carbonyl (C=O) groups excluding carboxylic acids is 1. The third-order valence-corrected chi connectivity index (χ3v) is 3.77. The highest BCUT2D eigenvalue weighted by Crippen LogP contribution is 2.25. The van der Waals surface area contributed by atoms with E-state index < -0.39 is 0 Å². The van der Waals surface area contributed by atoms with Gasteiger partial charge in [-0.15, -0.1) is 5.10 Å². The number of amides is 1. The molecule has 2 aromatic carbocycles. The van der Waals surface area contributed by atoms with Crippen LogP contribution >= 0.6 is 0 Å². The monoisotopic (exact) mass is 336 g/mol. The summed E-state index contributed by atoms with van der Waals surface area (Å²) >= 11 is 0. The maximum Gasteiger partial charge on any atom is 0.226 e. The molecule has 25 heavy (non-hydrogen) atoms. The van der Waals surface area contributed by atoms with E-state index in [4.69, 9.17) is 5.11 Å². The lowest BCUT2D eigenvalue weighted by Gasteiger charge is -2.09. The summed E-state index contributed by atoms with van der Waals surface area (Å²) in [5.41, 5.74) is 3.27.